The lowest BCUT2D eigenvalue weighted by Crippen LogP contribution is -2.26. The molecule has 0 N–H and O–H groups in total. The van der Waals surface area contributed by atoms with Crippen molar-refractivity contribution in [3.63, 3.8) is 0 Å². The zero-order valence-electron chi connectivity index (χ0n) is 16.2. The van der Waals surface area contributed by atoms with Crippen LogP contribution in [0.2, 0.25) is 0 Å². The predicted octanol–water partition coefficient (Wildman–Crippen LogP) is 4.99. The second kappa shape index (κ2) is 10.5. The van der Waals surface area contributed by atoms with E-state index in [1.807, 2.05) is 6.26 Å². The smallest absolute Gasteiger partial charge is 0.220 e. The molecule has 1 aromatic rings. The van der Waals surface area contributed by atoms with Gasteiger partial charge in [-0.3, -0.25) is 0 Å². The largest absolute Gasteiger partial charge is 0.444 e. The van der Waals surface area contributed by atoms with Gasteiger partial charge >= 0.3 is 0 Å². The second-order valence-corrected chi connectivity index (χ2v) is 6.60. The van der Waals surface area contributed by atoms with Gasteiger partial charge in [-0.15, -0.1) is 0 Å². The maximum absolute atomic E-state index is 6.00. The number of unbranched alkanes of at least 4 members (excludes halogenated alkanes) is 3. The van der Waals surface area contributed by atoms with Gasteiger partial charge in [0.05, 0.1) is 0 Å². The number of furan rings is 1. The van der Waals surface area contributed by atoms with Crippen LogP contribution in [0.4, 0.5) is 17.3 Å². The fourth-order valence-electron chi connectivity index (χ4n) is 2.75. The highest BCUT2D eigenvalue weighted by atomic mass is 16.3. The van der Waals surface area contributed by atoms with Crippen molar-refractivity contribution in [1.29, 1.82) is 0 Å². The van der Waals surface area contributed by atoms with Gasteiger partial charge in [0.15, 0.2) is 0 Å². The molecule has 0 amide bonds. The third kappa shape index (κ3) is 5.67. The van der Waals surface area contributed by atoms with E-state index in [4.69, 9.17) is 4.42 Å². The average molecular weight is 324 g/mol. The Bertz CT molecular complexity index is 399. The Balaban J connectivity index is 3.02. The molecule has 0 aliphatic rings. The summed E-state index contributed by atoms with van der Waals surface area (Å²) in [6.45, 7) is 9.89. The van der Waals surface area contributed by atoms with Crippen LogP contribution in [0.15, 0.2) is 10.7 Å². The molecule has 0 radical (unpaired) electrons. The minimum atomic E-state index is 1.01. The highest BCUT2D eigenvalue weighted by Gasteiger charge is 2.22. The summed E-state index contributed by atoms with van der Waals surface area (Å²) in [4.78, 5) is 6.96. The van der Waals surface area contributed by atoms with Crippen molar-refractivity contribution in [3.8, 4) is 0 Å². The summed E-state index contributed by atoms with van der Waals surface area (Å²) >= 11 is 0. The predicted molar refractivity (Wildman–Crippen MR) is 103 cm³/mol. The highest BCUT2D eigenvalue weighted by molar-refractivity contribution is 5.81. The van der Waals surface area contributed by atoms with Gasteiger partial charge in [-0.2, -0.15) is 0 Å². The molecule has 23 heavy (non-hydrogen) atoms. The van der Waals surface area contributed by atoms with E-state index < -0.39 is 0 Å². The Hall–Kier alpha value is -1.32. The lowest BCUT2D eigenvalue weighted by molar-refractivity contribution is 0.549. The third-order valence-electron chi connectivity index (χ3n) is 4.41. The van der Waals surface area contributed by atoms with Crippen molar-refractivity contribution < 1.29 is 4.42 Å². The van der Waals surface area contributed by atoms with Gasteiger partial charge in [-0.25, -0.2) is 0 Å². The first-order valence-corrected chi connectivity index (χ1v) is 9.31. The fourth-order valence-corrected chi connectivity index (χ4v) is 2.75. The second-order valence-electron chi connectivity index (χ2n) is 6.60. The first-order valence-electron chi connectivity index (χ1n) is 9.31. The number of hydrogen-bond donors (Lipinski definition) is 0. The Morgan fingerprint density at radius 2 is 1.22 bits per heavy atom. The van der Waals surface area contributed by atoms with E-state index in [0.29, 0.717) is 0 Å². The van der Waals surface area contributed by atoms with Crippen LogP contribution in [-0.2, 0) is 0 Å². The third-order valence-corrected chi connectivity index (χ3v) is 4.41. The Morgan fingerprint density at radius 3 is 1.74 bits per heavy atom. The van der Waals surface area contributed by atoms with Crippen molar-refractivity contribution in [2.45, 2.75) is 59.3 Å². The Kier molecular flexibility index (Phi) is 8.97. The van der Waals surface area contributed by atoms with Crippen LogP contribution in [0.25, 0.3) is 0 Å². The van der Waals surface area contributed by atoms with Crippen LogP contribution in [0.5, 0.6) is 0 Å². The van der Waals surface area contributed by atoms with Gasteiger partial charge in [-0.05, 0) is 19.3 Å². The SMILES string of the molecule is CCCCN(C)c1coc(N(C)CCCC)c1N(C)CCCC. The molecular formula is C19H37N3O. The van der Waals surface area contributed by atoms with Crippen molar-refractivity contribution >= 4 is 17.3 Å². The number of rotatable bonds is 12. The van der Waals surface area contributed by atoms with Gasteiger partial charge in [0.25, 0.3) is 0 Å². The molecule has 0 aromatic carbocycles. The van der Waals surface area contributed by atoms with E-state index >= 15 is 0 Å². The minimum Gasteiger partial charge on any atom is -0.444 e. The van der Waals surface area contributed by atoms with Crippen LogP contribution < -0.4 is 14.7 Å². The molecule has 0 saturated heterocycles. The standard InChI is InChI=1S/C19H37N3O/c1-7-10-13-20(4)17-16-23-19(22(6)15-12-9-3)18(17)21(5)14-11-8-2/h16H,7-15H2,1-6H3. The summed E-state index contributed by atoms with van der Waals surface area (Å²) in [5, 5.41) is 0. The maximum atomic E-state index is 6.00. The van der Waals surface area contributed by atoms with Gasteiger partial charge < -0.3 is 19.1 Å². The van der Waals surface area contributed by atoms with Crippen molar-refractivity contribution in [2.24, 2.45) is 0 Å². The molecule has 1 rings (SSSR count). The molecule has 4 heteroatoms. The lowest BCUT2D eigenvalue weighted by Gasteiger charge is -2.27. The first kappa shape index (κ1) is 19.7. The minimum absolute atomic E-state index is 1.01. The fraction of sp³-hybridized carbons (Fsp3) is 0.789. The molecule has 0 atom stereocenters. The topological polar surface area (TPSA) is 22.9 Å². The van der Waals surface area contributed by atoms with E-state index in [2.05, 4.69) is 56.6 Å². The molecule has 0 saturated carbocycles. The van der Waals surface area contributed by atoms with Crippen LogP contribution in [0.1, 0.15) is 59.3 Å². The number of hydrogen-bond acceptors (Lipinski definition) is 4. The molecule has 0 unspecified atom stereocenters. The summed E-state index contributed by atoms with van der Waals surface area (Å²) in [6, 6.07) is 0. The zero-order valence-corrected chi connectivity index (χ0v) is 16.2. The van der Waals surface area contributed by atoms with Crippen molar-refractivity contribution in [3.05, 3.63) is 6.26 Å². The molecule has 1 aromatic heterocycles. The summed E-state index contributed by atoms with van der Waals surface area (Å²) in [5.74, 6) is 1.01. The van der Waals surface area contributed by atoms with Gasteiger partial charge in [0, 0.05) is 40.8 Å². The molecule has 4 nitrogen and oxygen atoms in total. The lowest BCUT2D eigenvalue weighted by atomic mass is 10.2. The summed E-state index contributed by atoms with van der Waals surface area (Å²) in [7, 11) is 6.50. The quantitative estimate of drug-likeness (QED) is 0.540. The maximum Gasteiger partial charge on any atom is 0.220 e. The van der Waals surface area contributed by atoms with Crippen molar-refractivity contribution in [1.82, 2.24) is 0 Å². The van der Waals surface area contributed by atoms with Crippen LogP contribution >= 0.6 is 0 Å². The molecule has 0 bridgehead atoms. The summed E-state index contributed by atoms with van der Waals surface area (Å²) < 4.78 is 6.00. The van der Waals surface area contributed by atoms with Gasteiger partial charge in [0.1, 0.15) is 17.6 Å². The summed E-state index contributed by atoms with van der Waals surface area (Å²) in [5.41, 5.74) is 2.46. The average Bonchev–Trinajstić information content (AvgIpc) is 3.00. The normalized spacial score (nSPS) is 10.9. The number of nitrogens with zero attached hydrogens (tertiary/aromatic N) is 3. The van der Waals surface area contributed by atoms with E-state index in [-0.39, 0.29) is 0 Å². The molecule has 0 aliphatic heterocycles. The summed E-state index contributed by atoms with van der Waals surface area (Å²) in [6.07, 6.45) is 9.17. The number of anilines is 3. The molecule has 134 valence electrons. The highest BCUT2D eigenvalue weighted by Crippen LogP contribution is 2.40. The molecule has 0 fully saturated rings. The van der Waals surface area contributed by atoms with Gasteiger partial charge in [-0.1, -0.05) is 40.0 Å². The van der Waals surface area contributed by atoms with Crippen LogP contribution in [-0.4, -0.2) is 40.8 Å². The van der Waals surface area contributed by atoms with Gasteiger partial charge in [0.2, 0.25) is 5.88 Å². The monoisotopic (exact) mass is 323 g/mol. The van der Waals surface area contributed by atoms with E-state index in [1.165, 1.54) is 49.9 Å². The molecule has 0 aliphatic carbocycles. The van der Waals surface area contributed by atoms with Crippen LogP contribution in [0, 0.1) is 0 Å². The van der Waals surface area contributed by atoms with Crippen LogP contribution in [0.3, 0.4) is 0 Å². The molecular weight excluding hydrogens is 286 g/mol. The zero-order chi connectivity index (χ0) is 17.2. The van der Waals surface area contributed by atoms with E-state index in [9.17, 15) is 0 Å². The molecule has 1 heterocycles. The van der Waals surface area contributed by atoms with E-state index in [0.717, 1.165) is 25.5 Å². The Morgan fingerprint density at radius 1 is 0.739 bits per heavy atom. The Labute approximate surface area is 143 Å². The molecule has 0 spiro atoms. The van der Waals surface area contributed by atoms with Crippen molar-refractivity contribution in [2.75, 3.05) is 55.5 Å². The van der Waals surface area contributed by atoms with E-state index in [1.54, 1.807) is 0 Å². The first-order chi connectivity index (χ1) is 11.1.